The van der Waals surface area contributed by atoms with E-state index in [-0.39, 0.29) is 5.91 Å². The van der Waals surface area contributed by atoms with Crippen molar-refractivity contribution in [2.45, 2.75) is 32.6 Å². The lowest BCUT2D eigenvalue weighted by atomic mass is 9.99. The molecule has 1 aromatic heterocycles. The number of hydrogen-bond donors (Lipinski definition) is 1. The van der Waals surface area contributed by atoms with Crippen LogP contribution in [0, 0.1) is 12.8 Å². The number of rotatable bonds is 5. The highest BCUT2D eigenvalue weighted by Crippen LogP contribution is 2.16. The third-order valence-electron chi connectivity index (χ3n) is 3.44. The van der Waals surface area contributed by atoms with E-state index < -0.39 is 0 Å². The Kier molecular flexibility index (Phi) is 5.33. The number of hydrogen-bond acceptors (Lipinski definition) is 3. The molecule has 1 N–H and O–H groups in total. The molecule has 1 unspecified atom stereocenters. The average Bonchev–Trinajstić information content (AvgIpc) is 2.40. The molecule has 0 aliphatic carbocycles. The molecule has 0 radical (unpaired) electrons. The minimum absolute atomic E-state index is 0.0508. The maximum Gasteiger partial charge on any atom is 0.226 e. The predicted molar refractivity (Wildman–Crippen MR) is 73.8 cm³/mol. The zero-order valence-electron chi connectivity index (χ0n) is 11.5. The smallest absolute Gasteiger partial charge is 0.226 e. The van der Waals surface area contributed by atoms with E-state index in [4.69, 9.17) is 4.74 Å². The molecule has 0 spiro atoms. The fourth-order valence-corrected chi connectivity index (χ4v) is 2.37. The van der Waals surface area contributed by atoms with Gasteiger partial charge in [-0.25, -0.2) is 0 Å². The number of ether oxygens (including phenoxy) is 1. The number of aryl methyl sites for hydroxylation is 1. The van der Waals surface area contributed by atoms with Gasteiger partial charge in [0.05, 0.1) is 6.42 Å². The standard InChI is InChI=1S/C15H22N2O2/c1-12-4-6-16-14(9-12)10-15(18)17-7-5-13-3-2-8-19-11-13/h4,6,9,13H,2-3,5,7-8,10-11H2,1H3,(H,17,18). The van der Waals surface area contributed by atoms with E-state index in [2.05, 4.69) is 10.3 Å². The van der Waals surface area contributed by atoms with Gasteiger partial charge in [0.15, 0.2) is 0 Å². The number of nitrogens with one attached hydrogen (secondary N) is 1. The van der Waals surface area contributed by atoms with Crippen molar-refractivity contribution in [3.05, 3.63) is 29.6 Å². The summed E-state index contributed by atoms with van der Waals surface area (Å²) < 4.78 is 5.43. The summed E-state index contributed by atoms with van der Waals surface area (Å²) in [5, 5.41) is 2.96. The van der Waals surface area contributed by atoms with E-state index in [9.17, 15) is 4.79 Å². The first-order chi connectivity index (χ1) is 9.24. The SMILES string of the molecule is Cc1ccnc(CC(=O)NCCC2CCCOC2)c1. The highest BCUT2D eigenvalue weighted by molar-refractivity contribution is 5.78. The van der Waals surface area contributed by atoms with Crippen LogP contribution in [0.25, 0.3) is 0 Å². The van der Waals surface area contributed by atoms with E-state index in [1.807, 2.05) is 19.1 Å². The summed E-state index contributed by atoms with van der Waals surface area (Å²) in [5.74, 6) is 0.654. The quantitative estimate of drug-likeness (QED) is 0.881. The Morgan fingerprint density at radius 2 is 2.47 bits per heavy atom. The van der Waals surface area contributed by atoms with Crippen LogP contribution in [-0.2, 0) is 16.0 Å². The number of amides is 1. The van der Waals surface area contributed by atoms with Gasteiger partial charge in [0.1, 0.15) is 0 Å². The molecule has 2 rings (SSSR count). The van der Waals surface area contributed by atoms with Crippen LogP contribution in [0.2, 0.25) is 0 Å². The third kappa shape index (κ3) is 4.99. The second-order valence-electron chi connectivity index (χ2n) is 5.22. The van der Waals surface area contributed by atoms with E-state index in [1.54, 1.807) is 6.20 Å². The van der Waals surface area contributed by atoms with Gasteiger partial charge >= 0.3 is 0 Å². The van der Waals surface area contributed by atoms with Crippen molar-refractivity contribution in [1.82, 2.24) is 10.3 Å². The van der Waals surface area contributed by atoms with Crippen molar-refractivity contribution in [2.24, 2.45) is 5.92 Å². The molecule has 0 saturated carbocycles. The van der Waals surface area contributed by atoms with Crippen molar-refractivity contribution in [3.63, 3.8) is 0 Å². The second-order valence-corrected chi connectivity index (χ2v) is 5.22. The molecular formula is C15H22N2O2. The zero-order valence-corrected chi connectivity index (χ0v) is 11.5. The molecule has 0 aromatic carbocycles. The van der Waals surface area contributed by atoms with Crippen LogP contribution < -0.4 is 5.32 Å². The maximum atomic E-state index is 11.8. The molecule has 1 aliphatic rings. The van der Waals surface area contributed by atoms with Crippen LogP contribution in [-0.4, -0.2) is 30.6 Å². The van der Waals surface area contributed by atoms with Gasteiger partial charge in [-0.2, -0.15) is 0 Å². The number of pyridine rings is 1. The average molecular weight is 262 g/mol. The Morgan fingerprint density at radius 1 is 1.58 bits per heavy atom. The van der Waals surface area contributed by atoms with Crippen molar-refractivity contribution in [1.29, 1.82) is 0 Å². The summed E-state index contributed by atoms with van der Waals surface area (Å²) in [6.07, 6.45) is 5.48. The van der Waals surface area contributed by atoms with Gasteiger partial charge < -0.3 is 10.1 Å². The minimum Gasteiger partial charge on any atom is -0.381 e. The van der Waals surface area contributed by atoms with Gasteiger partial charge in [-0.1, -0.05) is 0 Å². The monoisotopic (exact) mass is 262 g/mol. The van der Waals surface area contributed by atoms with Crippen molar-refractivity contribution in [3.8, 4) is 0 Å². The number of carbonyl (C=O) groups is 1. The molecule has 1 atom stereocenters. The molecule has 1 aliphatic heterocycles. The molecule has 1 saturated heterocycles. The van der Waals surface area contributed by atoms with Crippen molar-refractivity contribution in [2.75, 3.05) is 19.8 Å². The van der Waals surface area contributed by atoms with Gasteiger partial charge in [0.2, 0.25) is 5.91 Å². The highest BCUT2D eigenvalue weighted by Gasteiger charge is 2.13. The Morgan fingerprint density at radius 3 is 3.21 bits per heavy atom. The molecule has 104 valence electrons. The van der Waals surface area contributed by atoms with Crippen molar-refractivity contribution >= 4 is 5.91 Å². The molecule has 1 aromatic rings. The van der Waals surface area contributed by atoms with E-state index in [0.29, 0.717) is 12.3 Å². The molecule has 2 heterocycles. The van der Waals surface area contributed by atoms with Gasteiger partial charge in [0, 0.05) is 31.6 Å². The lowest BCUT2D eigenvalue weighted by Crippen LogP contribution is -2.29. The Hall–Kier alpha value is -1.42. The lowest BCUT2D eigenvalue weighted by Gasteiger charge is -2.21. The first kappa shape index (κ1) is 14.0. The summed E-state index contributed by atoms with van der Waals surface area (Å²) in [5.41, 5.74) is 1.97. The number of aromatic nitrogens is 1. The molecule has 4 nitrogen and oxygen atoms in total. The first-order valence-electron chi connectivity index (χ1n) is 7.00. The Labute approximate surface area is 114 Å². The van der Waals surface area contributed by atoms with Crippen LogP contribution >= 0.6 is 0 Å². The maximum absolute atomic E-state index is 11.8. The largest absolute Gasteiger partial charge is 0.381 e. The van der Waals surface area contributed by atoms with Crippen LogP contribution in [0.4, 0.5) is 0 Å². The van der Waals surface area contributed by atoms with Gasteiger partial charge in [-0.05, 0) is 49.8 Å². The molecule has 4 heteroatoms. The Bertz CT molecular complexity index is 414. The summed E-state index contributed by atoms with van der Waals surface area (Å²) in [7, 11) is 0. The topological polar surface area (TPSA) is 51.2 Å². The van der Waals surface area contributed by atoms with Gasteiger partial charge in [-0.15, -0.1) is 0 Å². The molecular weight excluding hydrogens is 240 g/mol. The summed E-state index contributed by atoms with van der Waals surface area (Å²) in [6.45, 7) is 4.47. The molecule has 1 amide bonds. The summed E-state index contributed by atoms with van der Waals surface area (Å²) in [4.78, 5) is 16.0. The molecule has 19 heavy (non-hydrogen) atoms. The molecule has 0 bridgehead atoms. The first-order valence-corrected chi connectivity index (χ1v) is 7.00. The van der Waals surface area contributed by atoms with Crippen LogP contribution in [0.1, 0.15) is 30.5 Å². The van der Waals surface area contributed by atoms with Crippen LogP contribution in [0.3, 0.4) is 0 Å². The van der Waals surface area contributed by atoms with Crippen LogP contribution in [0.15, 0.2) is 18.3 Å². The fourth-order valence-electron chi connectivity index (χ4n) is 2.37. The summed E-state index contributed by atoms with van der Waals surface area (Å²) >= 11 is 0. The minimum atomic E-state index is 0.0508. The van der Waals surface area contributed by atoms with E-state index in [0.717, 1.165) is 43.9 Å². The predicted octanol–water partition coefficient (Wildman–Crippen LogP) is 1.87. The molecule has 1 fully saturated rings. The lowest BCUT2D eigenvalue weighted by molar-refractivity contribution is -0.120. The van der Waals surface area contributed by atoms with Gasteiger partial charge in [0.25, 0.3) is 0 Å². The van der Waals surface area contributed by atoms with E-state index in [1.165, 1.54) is 6.42 Å². The summed E-state index contributed by atoms with van der Waals surface area (Å²) in [6, 6.07) is 3.89. The fraction of sp³-hybridized carbons (Fsp3) is 0.600. The number of carbonyl (C=O) groups excluding carboxylic acids is 1. The zero-order chi connectivity index (χ0) is 13.5. The van der Waals surface area contributed by atoms with Crippen molar-refractivity contribution < 1.29 is 9.53 Å². The number of nitrogens with zero attached hydrogens (tertiary/aromatic N) is 1. The van der Waals surface area contributed by atoms with E-state index >= 15 is 0 Å². The Balaban J connectivity index is 1.67. The normalized spacial score (nSPS) is 19.1. The third-order valence-corrected chi connectivity index (χ3v) is 3.44. The highest BCUT2D eigenvalue weighted by atomic mass is 16.5. The second kappa shape index (κ2) is 7.24. The van der Waals surface area contributed by atoms with Crippen LogP contribution in [0.5, 0.6) is 0 Å². The van der Waals surface area contributed by atoms with Gasteiger partial charge in [-0.3, -0.25) is 9.78 Å².